The summed E-state index contributed by atoms with van der Waals surface area (Å²) in [5.41, 5.74) is 22.6. The SMILES string of the molecule is Cc1cc(C)c(N=CC(=Nc2c(C)c(C)c(N=C3C(=Nc4c(C)cc(C)cc4C)c4cccc5cccc3c45)c(C)c2C)c2cccc3cccc(C)c23)c(C)c1.[Br][Ni][Br].[Br][Ni][Br]. The van der Waals surface area contributed by atoms with Crippen molar-refractivity contribution in [3.8, 4) is 0 Å². The van der Waals surface area contributed by atoms with Crippen molar-refractivity contribution in [3.05, 3.63) is 175 Å². The number of nitrogens with zero attached hydrogens (tertiary/aromatic N) is 4. The van der Waals surface area contributed by atoms with Crippen LogP contribution in [0, 0.1) is 76.2 Å². The number of aliphatic imine (C=N–C) groups is 4. The Morgan fingerprint density at radius 2 is 0.841 bits per heavy atom. The average Bonchev–Trinajstić information content (AvgIpc) is 3.53. The van der Waals surface area contributed by atoms with E-state index in [1.54, 1.807) is 0 Å². The molecule has 7 aromatic rings. The molecule has 0 aliphatic heterocycles. The van der Waals surface area contributed by atoms with Crippen LogP contribution in [0.3, 0.4) is 0 Å². The number of aryl methyl sites for hydroxylation is 7. The van der Waals surface area contributed by atoms with Gasteiger partial charge in [-0.2, -0.15) is 0 Å². The number of rotatable bonds is 6. The van der Waals surface area contributed by atoms with E-state index in [0.717, 1.165) is 101 Å². The molecule has 0 radical (unpaired) electrons. The van der Waals surface area contributed by atoms with Gasteiger partial charge in [-0.1, -0.05) is 108 Å². The Balaban J connectivity index is 0.00000104. The third-order valence-corrected chi connectivity index (χ3v) is 11.8. The zero-order valence-corrected chi connectivity index (χ0v) is 45.6. The van der Waals surface area contributed by atoms with E-state index in [2.05, 4.69) is 230 Å². The van der Waals surface area contributed by atoms with Crippen LogP contribution in [0.2, 0.25) is 0 Å². The number of benzene rings is 7. The molecular weight excluding hydrogens is 1130 g/mol. The Hall–Kier alpha value is -3.35. The summed E-state index contributed by atoms with van der Waals surface area (Å²) >= 11 is 12.0. The van der Waals surface area contributed by atoms with E-state index < -0.39 is 0 Å². The minimum absolute atomic E-state index is 0.828. The van der Waals surface area contributed by atoms with Gasteiger partial charge in [0.2, 0.25) is 0 Å². The van der Waals surface area contributed by atoms with Crippen LogP contribution in [0.15, 0.2) is 117 Å². The minimum atomic E-state index is 0.828. The Kier molecular flexibility index (Phi) is 17.0. The van der Waals surface area contributed by atoms with Crippen LogP contribution in [-0.2, 0) is 21.8 Å². The van der Waals surface area contributed by atoms with Crippen LogP contribution in [0.1, 0.15) is 77.9 Å². The van der Waals surface area contributed by atoms with Gasteiger partial charge in [-0.15, -0.1) is 0 Å². The number of hydrogen-bond donors (Lipinski definition) is 0. The molecule has 0 atom stereocenters. The first-order valence-electron chi connectivity index (χ1n) is 20.4. The van der Waals surface area contributed by atoms with Gasteiger partial charge in [0.25, 0.3) is 0 Å². The van der Waals surface area contributed by atoms with Crippen molar-refractivity contribution in [3.63, 3.8) is 0 Å². The van der Waals surface area contributed by atoms with E-state index in [9.17, 15) is 0 Å². The quantitative estimate of drug-likeness (QED) is 0.118. The summed E-state index contributed by atoms with van der Waals surface area (Å²) in [5, 5.41) is 4.78. The maximum atomic E-state index is 5.62. The predicted molar refractivity (Wildman–Crippen MR) is 282 cm³/mol. The maximum absolute atomic E-state index is 5.62. The molecule has 1 aliphatic rings. The van der Waals surface area contributed by atoms with Crippen molar-refractivity contribution >= 4 is 125 Å². The van der Waals surface area contributed by atoms with Crippen molar-refractivity contribution in [1.82, 2.24) is 0 Å². The van der Waals surface area contributed by atoms with E-state index in [4.69, 9.17) is 20.0 Å². The Morgan fingerprint density at radius 1 is 0.444 bits per heavy atom. The predicted octanol–water partition coefficient (Wildman–Crippen LogP) is 17.5. The molecule has 0 unspecified atom stereocenters. The first-order chi connectivity index (χ1) is 30.1. The second-order valence-electron chi connectivity index (χ2n) is 16.1. The van der Waals surface area contributed by atoms with Gasteiger partial charge in [0.05, 0.1) is 46.1 Å². The summed E-state index contributed by atoms with van der Waals surface area (Å²) < 4.78 is 0. The summed E-state index contributed by atoms with van der Waals surface area (Å²) in [5.74, 6) is 0. The second-order valence-corrected chi connectivity index (χ2v) is 26.1. The van der Waals surface area contributed by atoms with Gasteiger partial charge in [-0.25, -0.2) is 15.0 Å². The first kappa shape index (κ1) is 49.1. The van der Waals surface area contributed by atoms with Gasteiger partial charge in [0, 0.05) is 22.1 Å². The van der Waals surface area contributed by atoms with Gasteiger partial charge in [0.15, 0.2) is 0 Å². The van der Waals surface area contributed by atoms with Gasteiger partial charge in [-0.3, -0.25) is 4.99 Å². The van der Waals surface area contributed by atoms with Crippen LogP contribution in [0.5, 0.6) is 0 Å². The molecule has 0 saturated carbocycles. The molecule has 330 valence electrons. The third-order valence-electron chi connectivity index (χ3n) is 11.8. The van der Waals surface area contributed by atoms with Crippen molar-refractivity contribution in [2.45, 2.75) is 76.2 Å². The van der Waals surface area contributed by atoms with Gasteiger partial charge in [-0.05, 0) is 142 Å². The molecule has 0 aromatic heterocycles. The second kappa shape index (κ2) is 21.8. The molecule has 10 heteroatoms. The zero-order chi connectivity index (χ0) is 45.7. The molecular formula is C53H50Br4N4Ni2. The molecule has 0 bridgehead atoms. The van der Waals surface area contributed by atoms with Crippen LogP contribution in [-0.4, -0.2) is 23.3 Å². The van der Waals surface area contributed by atoms with Crippen LogP contribution in [0.25, 0.3) is 21.5 Å². The third kappa shape index (κ3) is 10.5. The van der Waals surface area contributed by atoms with E-state index in [0.29, 0.717) is 0 Å². The molecule has 4 nitrogen and oxygen atoms in total. The fourth-order valence-corrected chi connectivity index (χ4v) is 8.92. The molecule has 0 heterocycles. The monoisotopic (exact) mass is 1170 g/mol. The summed E-state index contributed by atoms with van der Waals surface area (Å²) in [6, 6.07) is 34.8. The standard InChI is InChI=1S/C53H50N4.4BrH.2Ni/c1-29-24-32(4)48(33(5)25-29)54-28-45(42-21-13-18-40-17-12-16-31(3)46(40)42)55-50-36(8)38(10)51(39(11)37(50)9)57-53-44-23-15-20-41-19-14-22-43(47(41)44)52(53)56-49-34(6)26-30(2)27-35(49)7;;;;;;/h12-28H,1-11H3;4*1H;;/q;;;;;2*+2/p-4. The van der Waals surface area contributed by atoms with Crippen molar-refractivity contribution in [2.24, 2.45) is 20.0 Å². The van der Waals surface area contributed by atoms with Crippen LogP contribution in [0.4, 0.5) is 22.7 Å². The van der Waals surface area contributed by atoms with E-state index in [1.807, 2.05) is 6.21 Å². The van der Waals surface area contributed by atoms with Gasteiger partial charge in [0.1, 0.15) is 0 Å². The Labute approximate surface area is 413 Å². The summed E-state index contributed by atoms with van der Waals surface area (Å²) in [6.45, 7) is 23.8. The topological polar surface area (TPSA) is 49.4 Å². The van der Waals surface area contributed by atoms with Gasteiger partial charge >= 0.3 is 78.7 Å². The van der Waals surface area contributed by atoms with E-state index in [1.165, 1.54) is 60.0 Å². The summed E-state index contributed by atoms with van der Waals surface area (Å²) in [7, 11) is 2.50. The number of fused-ring (bicyclic) bond motifs is 1. The van der Waals surface area contributed by atoms with Crippen molar-refractivity contribution < 1.29 is 21.8 Å². The van der Waals surface area contributed by atoms with Crippen molar-refractivity contribution in [2.75, 3.05) is 0 Å². The molecule has 0 fully saturated rings. The van der Waals surface area contributed by atoms with Crippen LogP contribution >= 0.6 is 56.9 Å². The van der Waals surface area contributed by atoms with Crippen LogP contribution < -0.4 is 0 Å². The van der Waals surface area contributed by atoms with Gasteiger partial charge < -0.3 is 0 Å². The van der Waals surface area contributed by atoms with E-state index >= 15 is 0 Å². The number of halogens is 4. The molecule has 0 spiro atoms. The molecule has 0 N–H and O–H groups in total. The molecule has 1 aliphatic carbocycles. The molecule has 63 heavy (non-hydrogen) atoms. The zero-order valence-electron chi connectivity index (χ0n) is 37.2. The molecule has 7 aromatic carbocycles. The Morgan fingerprint density at radius 3 is 1.33 bits per heavy atom. The average molecular weight is 1180 g/mol. The number of hydrogen-bond acceptors (Lipinski definition) is 4. The normalized spacial score (nSPS) is 13.7. The first-order valence-corrected chi connectivity index (χ1v) is 30.1. The fourth-order valence-electron chi connectivity index (χ4n) is 8.92. The van der Waals surface area contributed by atoms with E-state index in [-0.39, 0.29) is 0 Å². The summed E-state index contributed by atoms with van der Waals surface area (Å²) in [6.07, 6.45) is 1.97. The molecule has 0 amide bonds. The fraction of sp³-hybridized carbons (Fsp3) is 0.208. The Bertz CT molecular complexity index is 2930. The molecule has 0 saturated heterocycles. The summed E-state index contributed by atoms with van der Waals surface area (Å²) in [4.78, 5) is 21.8. The van der Waals surface area contributed by atoms with Crippen molar-refractivity contribution in [1.29, 1.82) is 0 Å². The molecule has 8 rings (SSSR count).